The first kappa shape index (κ1) is 49.8. The fourth-order valence-electron chi connectivity index (χ4n) is 6.71. The minimum Gasteiger partial charge on any atom is -0.444 e. The van der Waals surface area contributed by atoms with Gasteiger partial charge in [0.1, 0.15) is 18.2 Å². The first-order chi connectivity index (χ1) is 27.8. The number of nitrogens with two attached hydrogens (primary N) is 1. The van der Waals surface area contributed by atoms with Gasteiger partial charge in [-0.05, 0) is 152 Å². The van der Waals surface area contributed by atoms with Gasteiger partial charge in [-0.3, -0.25) is 9.69 Å². The molecule has 4 N–H and O–H groups in total. The third-order valence-corrected chi connectivity index (χ3v) is 10.0. The van der Waals surface area contributed by atoms with Gasteiger partial charge in [0.2, 0.25) is 0 Å². The molecule has 0 spiro atoms. The maximum Gasteiger partial charge on any atom is 0.410 e. The van der Waals surface area contributed by atoms with E-state index in [2.05, 4.69) is 72.0 Å². The van der Waals surface area contributed by atoms with Gasteiger partial charge >= 0.3 is 6.09 Å². The van der Waals surface area contributed by atoms with Crippen molar-refractivity contribution < 1.29 is 23.9 Å². The average Bonchev–Trinajstić information content (AvgIpc) is 3.66. The Morgan fingerprint density at radius 1 is 0.914 bits per heavy atom. The Morgan fingerprint density at radius 3 is 2.17 bits per heavy atom. The number of aldehydes is 2. The van der Waals surface area contributed by atoms with E-state index in [0.29, 0.717) is 38.0 Å². The highest BCUT2D eigenvalue weighted by Crippen LogP contribution is 2.31. The lowest BCUT2D eigenvalue weighted by Gasteiger charge is -2.29. The van der Waals surface area contributed by atoms with E-state index in [1.807, 2.05) is 70.8 Å². The molecule has 2 heterocycles. The van der Waals surface area contributed by atoms with Crippen LogP contribution in [0.15, 0.2) is 66.7 Å². The number of fused-ring (bicyclic) bond motifs is 1. The smallest absolute Gasteiger partial charge is 0.410 e. The molecule has 2 amide bonds. The Balaban J connectivity index is 0.000000309. The number of carbonyl (C=O) groups excluding carboxylic acids is 4. The fraction of sp³-hybridized carbons (Fsp3) is 0.542. The lowest BCUT2D eigenvalue weighted by Crippen LogP contribution is -2.33. The van der Waals surface area contributed by atoms with Crippen molar-refractivity contribution in [3.8, 4) is 0 Å². The van der Waals surface area contributed by atoms with Crippen LogP contribution >= 0.6 is 0 Å². The zero-order valence-electron chi connectivity index (χ0n) is 36.8. The normalized spacial score (nSPS) is 14.3. The first-order valence-electron chi connectivity index (χ1n) is 21.3. The highest BCUT2D eigenvalue weighted by atomic mass is 16.6. The van der Waals surface area contributed by atoms with Crippen LogP contribution in [0, 0.1) is 12.8 Å². The van der Waals surface area contributed by atoms with Gasteiger partial charge in [0, 0.05) is 38.2 Å². The molecule has 3 aromatic carbocycles. The molecule has 0 aliphatic carbocycles. The highest BCUT2D eigenvalue weighted by molar-refractivity contribution is 5.94. The largest absolute Gasteiger partial charge is 0.444 e. The molecule has 320 valence electrons. The van der Waals surface area contributed by atoms with E-state index in [1.54, 1.807) is 0 Å². The minimum absolute atomic E-state index is 0.0688. The number of likely N-dealkylation sites (tertiary alicyclic amines) is 1. The van der Waals surface area contributed by atoms with E-state index in [9.17, 15) is 19.2 Å². The molecular weight excluding hydrogens is 727 g/mol. The predicted molar refractivity (Wildman–Crippen MR) is 237 cm³/mol. The quantitative estimate of drug-likeness (QED) is 0.104. The molecule has 1 saturated heterocycles. The number of nitrogens with one attached hydrogen (secondary N) is 2. The molecule has 0 aromatic heterocycles. The Morgan fingerprint density at radius 2 is 1.57 bits per heavy atom. The third-order valence-electron chi connectivity index (χ3n) is 10.0. The summed E-state index contributed by atoms with van der Waals surface area (Å²) in [6.07, 6.45) is 10.2. The van der Waals surface area contributed by atoms with Crippen LogP contribution in [0.4, 0.5) is 4.79 Å². The first-order valence-corrected chi connectivity index (χ1v) is 21.3. The van der Waals surface area contributed by atoms with Crippen molar-refractivity contribution in [3.05, 3.63) is 106 Å². The average molecular weight is 800 g/mol. The molecule has 0 saturated carbocycles. The fourth-order valence-corrected chi connectivity index (χ4v) is 6.71. The van der Waals surface area contributed by atoms with Crippen molar-refractivity contribution in [2.24, 2.45) is 11.7 Å². The summed E-state index contributed by atoms with van der Waals surface area (Å²) < 4.78 is 5.54. The van der Waals surface area contributed by atoms with E-state index in [0.717, 1.165) is 62.7 Å². The van der Waals surface area contributed by atoms with Gasteiger partial charge in [0.05, 0.1) is 6.04 Å². The second-order valence-electron chi connectivity index (χ2n) is 16.2. The second kappa shape index (κ2) is 27.3. The Bertz CT molecular complexity index is 1630. The Labute approximate surface area is 349 Å². The molecule has 2 aliphatic rings. The van der Waals surface area contributed by atoms with Crippen LogP contribution in [0.1, 0.15) is 123 Å². The van der Waals surface area contributed by atoms with Crippen molar-refractivity contribution in [1.82, 2.24) is 20.4 Å². The number of carbonyl (C=O) groups is 4. The summed E-state index contributed by atoms with van der Waals surface area (Å²) >= 11 is 0. The number of hydrogen-bond donors (Lipinski definition) is 3. The molecule has 1 unspecified atom stereocenters. The third kappa shape index (κ3) is 19.4. The molecule has 0 bridgehead atoms. The zero-order valence-corrected chi connectivity index (χ0v) is 36.8. The second-order valence-corrected chi connectivity index (χ2v) is 16.2. The van der Waals surface area contributed by atoms with Crippen molar-refractivity contribution in [1.29, 1.82) is 0 Å². The topological polar surface area (TPSA) is 134 Å². The van der Waals surface area contributed by atoms with Gasteiger partial charge in [0.25, 0.3) is 5.91 Å². The predicted octanol–water partition coefficient (Wildman–Crippen LogP) is 8.20. The molecule has 1 atom stereocenters. The van der Waals surface area contributed by atoms with E-state index in [1.165, 1.54) is 53.7 Å². The lowest BCUT2D eigenvalue weighted by molar-refractivity contribution is -0.109. The molecular formula is C48H73N5O5. The standard InChI is InChI=1S/C20H30N2O2.C15H23N3O2.C11H14O.C2H6/c1-20(2,3)24-19(23)22-13-17-7-5-6-16(18(17)14-22)12-15-8-10-21(4)11-9-15;1-17-10-12-5-7-13(8-6-12)15(20)18-9-3-2-4-14(16)11-19;1-10-5-7-11(8-6-10)4-2-3-9-12;1-2/h5-7,15H,8-14H2,1-4H3;5-8,11,14,17H,2-4,9-10,16H2,1H3,(H,18,20);5-9H,2-4H2,1H3;1-2H3. The van der Waals surface area contributed by atoms with Gasteiger partial charge < -0.3 is 35.6 Å². The van der Waals surface area contributed by atoms with Gasteiger partial charge in [0.15, 0.2) is 0 Å². The molecule has 10 heteroatoms. The van der Waals surface area contributed by atoms with E-state index < -0.39 is 5.60 Å². The number of rotatable bonds is 15. The van der Waals surface area contributed by atoms with Crippen molar-refractivity contribution in [2.75, 3.05) is 33.7 Å². The van der Waals surface area contributed by atoms with Crippen LogP contribution in [0.25, 0.3) is 0 Å². The molecule has 58 heavy (non-hydrogen) atoms. The van der Waals surface area contributed by atoms with Gasteiger partial charge in [-0.2, -0.15) is 0 Å². The molecule has 5 rings (SSSR count). The SMILES string of the molecule is CC.CN1CCC(Cc2cccc3c2CN(C(=O)OC(C)(C)C)C3)CC1.CNCc1ccc(C(=O)NCCCCC(N)C=O)cc1.Cc1ccc(CCCC=O)cc1. The highest BCUT2D eigenvalue weighted by Gasteiger charge is 2.30. The lowest BCUT2D eigenvalue weighted by atomic mass is 9.88. The summed E-state index contributed by atoms with van der Waals surface area (Å²) in [5.41, 5.74) is 13.5. The summed E-state index contributed by atoms with van der Waals surface area (Å²) in [5.74, 6) is 0.698. The van der Waals surface area contributed by atoms with Crippen molar-refractivity contribution in [2.45, 2.75) is 131 Å². The van der Waals surface area contributed by atoms with Gasteiger partial charge in [-0.25, -0.2) is 4.79 Å². The van der Waals surface area contributed by atoms with Crippen molar-refractivity contribution in [3.63, 3.8) is 0 Å². The van der Waals surface area contributed by atoms with Gasteiger partial charge in [-0.15, -0.1) is 0 Å². The summed E-state index contributed by atoms with van der Waals surface area (Å²) in [7, 11) is 4.09. The number of aryl methyl sites for hydroxylation is 2. The van der Waals surface area contributed by atoms with E-state index >= 15 is 0 Å². The monoisotopic (exact) mass is 800 g/mol. The summed E-state index contributed by atoms with van der Waals surface area (Å²) in [6, 6.07) is 22.1. The number of unbranched alkanes of at least 4 members (excludes halogenated alkanes) is 2. The van der Waals surface area contributed by atoms with E-state index in [4.69, 9.17) is 10.5 Å². The maximum absolute atomic E-state index is 12.4. The van der Waals surface area contributed by atoms with Crippen LogP contribution < -0.4 is 16.4 Å². The molecule has 1 fully saturated rings. The summed E-state index contributed by atoms with van der Waals surface area (Å²) in [4.78, 5) is 48.9. The Kier molecular flexibility index (Phi) is 23.5. The molecule has 10 nitrogen and oxygen atoms in total. The zero-order chi connectivity index (χ0) is 42.9. The van der Waals surface area contributed by atoms with Crippen molar-refractivity contribution >= 4 is 24.6 Å². The number of hydrogen-bond acceptors (Lipinski definition) is 8. The summed E-state index contributed by atoms with van der Waals surface area (Å²) in [5, 5.41) is 5.92. The van der Waals surface area contributed by atoms with Crippen LogP contribution in [0.3, 0.4) is 0 Å². The number of benzene rings is 3. The molecule has 2 aliphatic heterocycles. The van der Waals surface area contributed by atoms with Gasteiger partial charge in [-0.1, -0.05) is 74.0 Å². The molecule has 3 aromatic rings. The number of piperidine rings is 1. The Hall–Kier alpha value is -4.38. The maximum atomic E-state index is 12.4. The van der Waals surface area contributed by atoms with Crippen LogP contribution in [0.2, 0.25) is 0 Å². The molecule has 0 radical (unpaired) electrons. The van der Waals surface area contributed by atoms with Crippen LogP contribution in [0.5, 0.6) is 0 Å². The minimum atomic E-state index is -0.442. The summed E-state index contributed by atoms with van der Waals surface area (Å²) in [6.45, 7) is 17.0. The number of amides is 2. The van der Waals surface area contributed by atoms with Crippen LogP contribution in [-0.4, -0.2) is 79.7 Å². The van der Waals surface area contributed by atoms with Crippen LogP contribution in [-0.2, 0) is 46.8 Å². The van der Waals surface area contributed by atoms with E-state index in [-0.39, 0.29) is 18.0 Å². The number of ether oxygens (including phenoxy) is 1. The number of nitrogens with zero attached hydrogens (tertiary/aromatic N) is 2.